The number of hydrogen-bond acceptors (Lipinski definition) is 5. The lowest BCUT2D eigenvalue weighted by atomic mass is 9.91. The normalized spacial score (nSPS) is 15.2. The third-order valence-corrected chi connectivity index (χ3v) is 3.96. The molecule has 16 heavy (non-hydrogen) atoms. The van der Waals surface area contributed by atoms with Crippen LogP contribution in [-0.4, -0.2) is 18.9 Å². The van der Waals surface area contributed by atoms with Gasteiger partial charge in [0.25, 0.3) is 0 Å². The number of esters is 1. The maximum absolute atomic E-state index is 11.5. The van der Waals surface area contributed by atoms with Crippen LogP contribution in [0.3, 0.4) is 0 Å². The Morgan fingerprint density at radius 2 is 1.94 bits per heavy atom. The minimum Gasteiger partial charge on any atom is -0.438 e. The van der Waals surface area contributed by atoms with Crippen LogP contribution >= 0.6 is 7.52 Å². The van der Waals surface area contributed by atoms with Crippen LogP contribution in [0.25, 0.3) is 0 Å². The quantitative estimate of drug-likeness (QED) is 0.300. The summed E-state index contributed by atoms with van der Waals surface area (Å²) >= 11 is 0. The summed E-state index contributed by atoms with van der Waals surface area (Å²) in [6.07, 6.45) is 0.606. The molecular formula is C9H18NO5P. The molecule has 0 aromatic carbocycles. The van der Waals surface area contributed by atoms with E-state index in [0.29, 0.717) is 6.42 Å². The lowest BCUT2D eigenvalue weighted by Gasteiger charge is -2.20. The van der Waals surface area contributed by atoms with Gasteiger partial charge in [-0.3, -0.25) is 13.9 Å². The summed E-state index contributed by atoms with van der Waals surface area (Å²) in [5.41, 5.74) is -0.617. The monoisotopic (exact) mass is 251 g/mol. The lowest BCUT2D eigenvalue weighted by Crippen LogP contribution is -2.26. The second-order valence-corrected chi connectivity index (χ2v) is 6.28. The maximum atomic E-state index is 11.5. The molecule has 7 heteroatoms. The number of hydrogen-bond donors (Lipinski definition) is 0. The van der Waals surface area contributed by atoms with Gasteiger partial charge in [0.05, 0.1) is 5.41 Å². The van der Waals surface area contributed by atoms with Crippen LogP contribution in [-0.2, 0) is 18.6 Å². The molecule has 1 unspecified atom stereocenters. The molecule has 0 bridgehead atoms. The first-order valence-electron chi connectivity index (χ1n) is 5.07. The summed E-state index contributed by atoms with van der Waals surface area (Å²) in [5, 5.41) is 0. The molecule has 0 radical (unpaired) electrons. The smallest absolute Gasteiger partial charge is 0.355 e. The van der Waals surface area contributed by atoms with Crippen molar-refractivity contribution in [2.75, 3.05) is 13.0 Å². The fourth-order valence-electron chi connectivity index (χ4n) is 0.675. The van der Waals surface area contributed by atoms with Gasteiger partial charge in [0, 0.05) is 11.1 Å². The molecule has 0 spiro atoms. The maximum Gasteiger partial charge on any atom is 0.355 e. The first-order valence-corrected chi connectivity index (χ1v) is 6.83. The molecule has 0 aromatic heterocycles. The van der Waals surface area contributed by atoms with Gasteiger partial charge >= 0.3 is 13.5 Å². The molecule has 0 rings (SSSR count). The van der Waals surface area contributed by atoms with E-state index >= 15 is 0 Å². The van der Waals surface area contributed by atoms with E-state index in [2.05, 4.69) is 9.47 Å². The number of nitroso groups, excluding NO2 is 1. The van der Waals surface area contributed by atoms with Crippen molar-refractivity contribution in [3.8, 4) is 0 Å². The minimum atomic E-state index is -3.51. The predicted molar refractivity (Wildman–Crippen MR) is 60.1 cm³/mol. The zero-order valence-electron chi connectivity index (χ0n) is 10.1. The van der Waals surface area contributed by atoms with Crippen LogP contribution in [0.1, 0.15) is 34.1 Å². The fourth-order valence-corrected chi connectivity index (χ4v) is 1.24. The van der Waals surface area contributed by atoms with Gasteiger partial charge in [0.2, 0.25) is 6.79 Å². The van der Waals surface area contributed by atoms with E-state index in [0.717, 1.165) is 0 Å². The van der Waals surface area contributed by atoms with E-state index in [1.54, 1.807) is 13.8 Å². The van der Waals surface area contributed by atoms with Gasteiger partial charge in [-0.15, -0.1) is 4.91 Å². The molecule has 0 heterocycles. The average Bonchev–Trinajstić information content (AvgIpc) is 2.28. The molecule has 0 aliphatic heterocycles. The second kappa shape index (κ2) is 6.11. The van der Waals surface area contributed by atoms with Gasteiger partial charge in [-0.05, 0) is 20.3 Å². The standard InChI is InChI=1S/C9H18NO5P/c1-5-9(3,4)8(11)14-7-15-16(13,6-2)10-12/h5-7H2,1-4H3. The molecule has 0 saturated carbocycles. The van der Waals surface area contributed by atoms with E-state index in [4.69, 9.17) is 4.74 Å². The largest absolute Gasteiger partial charge is 0.438 e. The molecule has 0 fully saturated rings. The zero-order valence-corrected chi connectivity index (χ0v) is 11.0. The zero-order chi connectivity index (χ0) is 12.8. The summed E-state index contributed by atoms with van der Waals surface area (Å²) in [6, 6.07) is 0. The first kappa shape index (κ1) is 15.3. The molecule has 6 nitrogen and oxygen atoms in total. The Bertz CT molecular complexity index is 302. The highest BCUT2D eigenvalue weighted by molar-refractivity contribution is 7.57. The summed E-state index contributed by atoms with van der Waals surface area (Å²) in [5.74, 6) is -0.455. The number of carbonyl (C=O) groups is 1. The van der Waals surface area contributed by atoms with Crippen molar-refractivity contribution in [3.05, 3.63) is 4.91 Å². The first-order chi connectivity index (χ1) is 7.31. The molecular weight excluding hydrogens is 233 g/mol. The lowest BCUT2D eigenvalue weighted by molar-refractivity contribution is -0.160. The fraction of sp³-hybridized carbons (Fsp3) is 0.889. The van der Waals surface area contributed by atoms with Gasteiger partial charge in [-0.1, -0.05) is 13.8 Å². The van der Waals surface area contributed by atoms with Crippen molar-refractivity contribution in [1.29, 1.82) is 0 Å². The predicted octanol–water partition coefficient (Wildman–Crippen LogP) is 2.92. The molecule has 0 saturated heterocycles. The third-order valence-electron chi connectivity index (χ3n) is 2.40. The molecule has 0 N–H and O–H groups in total. The average molecular weight is 251 g/mol. The topological polar surface area (TPSA) is 82.0 Å². The Labute approximate surface area is 95.2 Å². The molecule has 1 atom stereocenters. The van der Waals surface area contributed by atoms with Crippen LogP contribution in [0.4, 0.5) is 0 Å². The molecule has 0 aliphatic rings. The third kappa shape index (κ3) is 4.41. The minimum absolute atomic E-state index is 0.00871. The van der Waals surface area contributed by atoms with Gasteiger partial charge in [-0.2, -0.15) is 0 Å². The van der Waals surface area contributed by atoms with Crippen LogP contribution in [0.15, 0.2) is 4.95 Å². The van der Waals surface area contributed by atoms with Crippen molar-refractivity contribution >= 4 is 13.5 Å². The van der Waals surface area contributed by atoms with Crippen LogP contribution in [0, 0.1) is 10.3 Å². The SMILES string of the molecule is CCC(C)(C)C(=O)OCOP(=O)(CC)N=O. The van der Waals surface area contributed by atoms with E-state index in [1.807, 2.05) is 6.92 Å². The Kier molecular flexibility index (Phi) is 5.83. The Hall–Kier alpha value is -0.740. The summed E-state index contributed by atoms with van der Waals surface area (Å²) < 4.78 is 20.8. The Morgan fingerprint density at radius 1 is 1.38 bits per heavy atom. The van der Waals surface area contributed by atoms with Crippen LogP contribution in [0.2, 0.25) is 0 Å². The van der Waals surface area contributed by atoms with Crippen LogP contribution in [0.5, 0.6) is 0 Å². The molecule has 0 aliphatic carbocycles. The molecule has 94 valence electrons. The van der Waals surface area contributed by atoms with Crippen molar-refractivity contribution in [1.82, 2.24) is 0 Å². The Morgan fingerprint density at radius 3 is 2.31 bits per heavy atom. The highest BCUT2D eigenvalue weighted by atomic mass is 31.2. The summed E-state index contributed by atoms with van der Waals surface area (Å²) in [4.78, 5) is 24.1. The summed E-state index contributed by atoms with van der Waals surface area (Å²) in [7, 11) is -3.51. The van der Waals surface area contributed by atoms with Gasteiger partial charge < -0.3 is 4.74 Å². The van der Waals surface area contributed by atoms with E-state index in [1.165, 1.54) is 6.92 Å². The van der Waals surface area contributed by atoms with E-state index in [9.17, 15) is 14.3 Å². The van der Waals surface area contributed by atoms with Gasteiger partial charge in [-0.25, -0.2) is 0 Å². The van der Waals surface area contributed by atoms with Crippen LogP contribution < -0.4 is 0 Å². The number of carbonyl (C=O) groups excluding carboxylic acids is 1. The van der Waals surface area contributed by atoms with Crippen molar-refractivity contribution in [2.24, 2.45) is 10.4 Å². The summed E-state index contributed by atoms with van der Waals surface area (Å²) in [6.45, 7) is 6.32. The van der Waals surface area contributed by atoms with Crippen molar-refractivity contribution < 1.29 is 18.6 Å². The Balaban J connectivity index is 4.14. The molecule has 0 amide bonds. The van der Waals surface area contributed by atoms with E-state index < -0.39 is 25.7 Å². The van der Waals surface area contributed by atoms with Crippen molar-refractivity contribution in [3.63, 3.8) is 0 Å². The van der Waals surface area contributed by atoms with Gasteiger partial charge in [0.1, 0.15) is 0 Å². The number of ether oxygens (including phenoxy) is 1. The van der Waals surface area contributed by atoms with E-state index in [-0.39, 0.29) is 6.16 Å². The van der Waals surface area contributed by atoms with Crippen molar-refractivity contribution in [2.45, 2.75) is 34.1 Å². The molecule has 0 aromatic rings. The number of rotatable bonds is 7. The second-order valence-electron chi connectivity index (χ2n) is 3.95. The number of nitrogens with zero attached hydrogens (tertiary/aromatic N) is 1. The highest BCUT2D eigenvalue weighted by Gasteiger charge is 2.28. The van der Waals surface area contributed by atoms with Gasteiger partial charge in [0.15, 0.2) is 0 Å². The highest BCUT2D eigenvalue weighted by Crippen LogP contribution is 2.47.